The lowest BCUT2D eigenvalue weighted by Crippen LogP contribution is -2.54. The molecule has 0 radical (unpaired) electrons. The summed E-state index contributed by atoms with van der Waals surface area (Å²) in [6, 6.07) is 0.600. The molecule has 12 heavy (non-hydrogen) atoms. The number of rotatable bonds is 5. The van der Waals surface area contributed by atoms with E-state index < -0.39 is 0 Å². The average molecular weight is 172 g/mol. The van der Waals surface area contributed by atoms with Crippen LogP contribution in [0.4, 0.5) is 0 Å². The highest BCUT2D eigenvalue weighted by Crippen LogP contribution is 2.09. The second-order valence-electron chi connectivity index (χ2n) is 3.65. The number of nitrogens with zero attached hydrogens (tertiary/aromatic N) is 1. The maximum Gasteiger partial charge on any atom is 0.0793 e. The fourth-order valence-electron chi connectivity index (χ4n) is 1.68. The zero-order valence-corrected chi connectivity index (χ0v) is 8.08. The summed E-state index contributed by atoms with van der Waals surface area (Å²) in [5.41, 5.74) is 0. The number of aliphatic hydroxyl groups is 1. The molecule has 0 aromatic heterocycles. The smallest absolute Gasteiger partial charge is 0.0793 e. The number of likely N-dealkylation sites (tertiary alicyclic amines) is 1. The Kier molecular flexibility index (Phi) is 3.98. The summed E-state index contributed by atoms with van der Waals surface area (Å²) >= 11 is 0. The minimum absolute atomic E-state index is 0.0656. The van der Waals surface area contributed by atoms with Crippen molar-refractivity contribution in [3.8, 4) is 0 Å². The van der Waals surface area contributed by atoms with Crippen molar-refractivity contribution in [3.05, 3.63) is 0 Å². The lowest BCUT2D eigenvalue weighted by molar-refractivity contribution is -0.00294. The molecule has 0 spiro atoms. The molecule has 0 aromatic rings. The van der Waals surface area contributed by atoms with Crippen molar-refractivity contribution in [1.82, 2.24) is 10.2 Å². The standard InChI is InChI=1S/C9H20N2O/c1-3-4-8(10-2)5-11-6-9(12)7-11/h8-10,12H,3-7H2,1-2H3. The Morgan fingerprint density at radius 1 is 1.58 bits per heavy atom. The van der Waals surface area contributed by atoms with Gasteiger partial charge in [0.1, 0.15) is 0 Å². The quantitative estimate of drug-likeness (QED) is 0.615. The van der Waals surface area contributed by atoms with Crippen LogP contribution in [0.5, 0.6) is 0 Å². The first-order chi connectivity index (χ1) is 5.76. The SMILES string of the molecule is CCCC(CN1CC(O)C1)NC. The summed E-state index contributed by atoms with van der Waals surface area (Å²) < 4.78 is 0. The van der Waals surface area contributed by atoms with Crippen molar-refractivity contribution in [2.75, 3.05) is 26.7 Å². The third-order valence-electron chi connectivity index (χ3n) is 2.46. The van der Waals surface area contributed by atoms with E-state index in [1.807, 2.05) is 7.05 Å². The van der Waals surface area contributed by atoms with Gasteiger partial charge in [-0.05, 0) is 13.5 Å². The molecule has 1 heterocycles. The molecular weight excluding hydrogens is 152 g/mol. The molecule has 2 N–H and O–H groups in total. The van der Waals surface area contributed by atoms with Crippen LogP contribution in [0, 0.1) is 0 Å². The van der Waals surface area contributed by atoms with E-state index in [9.17, 15) is 0 Å². The molecule has 72 valence electrons. The molecule has 0 bridgehead atoms. The lowest BCUT2D eigenvalue weighted by Gasteiger charge is -2.38. The normalized spacial score (nSPS) is 22.2. The first kappa shape index (κ1) is 9.96. The van der Waals surface area contributed by atoms with Gasteiger partial charge in [0.2, 0.25) is 0 Å². The Labute approximate surface area is 74.8 Å². The van der Waals surface area contributed by atoms with Gasteiger partial charge in [-0.25, -0.2) is 0 Å². The molecular formula is C9H20N2O. The molecule has 1 fully saturated rings. The second kappa shape index (κ2) is 4.80. The van der Waals surface area contributed by atoms with Gasteiger partial charge in [-0.3, -0.25) is 4.90 Å². The minimum Gasteiger partial charge on any atom is -0.390 e. The number of likely N-dealkylation sites (N-methyl/N-ethyl adjacent to an activating group) is 1. The number of nitrogens with one attached hydrogen (secondary N) is 1. The number of hydrogen-bond acceptors (Lipinski definition) is 3. The van der Waals surface area contributed by atoms with Crippen LogP contribution in [0.25, 0.3) is 0 Å². The van der Waals surface area contributed by atoms with Gasteiger partial charge >= 0.3 is 0 Å². The van der Waals surface area contributed by atoms with Gasteiger partial charge in [0, 0.05) is 25.7 Å². The summed E-state index contributed by atoms with van der Waals surface area (Å²) in [6.07, 6.45) is 2.38. The molecule has 1 aliphatic rings. The monoisotopic (exact) mass is 172 g/mol. The molecule has 3 heteroatoms. The van der Waals surface area contributed by atoms with E-state index in [2.05, 4.69) is 17.1 Å². The van der Waals surface area contributed by atoms with E-state index in [1.54, 1.807) is 0 Å². The molecule has 0 aliphatic carbocycles. The second-order valence-corrected chi connectivity index (χ2v) is 3.65. The molecule has 0 aromatic carbocycles. The van der Waals surface area contributed by atoms with E-state index in [0.29, 0.717) is 6.04 Å². The van der Waals surface area contributed by atoms with Crippen molar-refractivity contribution in [2.45, 2.75) is 31.9 Å². The maximum absolute atomic E-state index is 9.07. The Hall–Kier alpha value is -0.120. The van der Waals surface area contributed by atoms with Crippen molar-refractivity contribution >= 4 is 0 Å². The largest absolute Gasteiger partial charge is 0.390 e. The maximum atomic E-state index is 9.07. The van der Waals surface area contributed by atoms with Crippen molar-refractivity contribution in [3.63, 3.8) is 0 Å². The van der Waals surface area contributed by atoms with Gasteiger partial charge in [-0.15, -0.1) is 0 Å². The summed E-state index contributed by atoms with van der Waals surface area (Å²) in [4.78, 5) is 2.29. The molecule has 1 atom stereocenters. The third kappa shape index (κ3) is 2.73. The molecule has 0 amide bonds. The van der Waals surface area contributed by atoms with Crippen molar-refractivity contribution in [2.24, 2.45) is 0 Å². The average Bonchev–Trinajstić information content (AvgIpc) is 2.00. The summed E-state index contributed by atoms with van der Waals surface area (Å²) in [5, 5.41) is 12.4. The van der Waals surface area contributed by atoms with Crippen LogP contribution in [0.15, 0.2) is 0 Å². The van der Waals surface area contributed by atoms with Gasteiger partial charge < -0.3 is 10.4 Å². The predicted molar refractivity (Wildman–Crippen MR) is 50.2 cm³/mol. The Balaban J connectivity index is 2.10. The zero-order chi connectivity index (χ0) is 8.97. The van der Waals surface area contributed by atoms with E-state index in [0.717, 1.165) is 19.6 Å². The van der Waals surface area contributed by atoms with E-state index in [-0.39, 0.29) is 6.10 Å². The van der Waals surface area contributed by atoms with Crippen LogP contribution in [0.2, 0.25) is 0 Å². The van der Waals surface area contributed by atoms with Gasteiger partial charge in [-0.2, -0.15) is 0 Å². The molecule has 1 aliphatic heterocycles. The molecule has 1 saturated heterocycles. The number of aliphatic hydroxyl groups excluding tert-OH is 1. The van der Waals surface area contributed by atoms with Crippen LogP contribution in [0.3, 0.4) is 0 Å². The van der Waals surface area contributed by atoms with Gasteiger partial charge in [-0.1, -0.05) is 13.3 Å². The number of hydrogen-bond donors (Lipinski definition) is 2. The Morgan fingerprint density at radius 2 is 2.25 bits per heavy atom. The highest BCUT2D eigenvalue weighted by molar-refractivity contribution is 4.82. The van der Waals surface area contributed by atoms with Crippen LogP contribution in [0.1, 0.15) is 19.8 Å². The fourth-order valence-corrected chi connectivity index (χ4v) is 1.68. The summed E-state index contributed by atoms with van der Waals surface area (Å²) in [6.45, 7) is 5.01. The first-order valence-corrected chi connectivity index (χ1v) is 4.84. The molecule has 1 rings (SSSR count). The fraction of sp³-hybridized carbons (Fsp3) is 1.00. The summed E-state index contributed by atoms with van der Waals surface area (Å²) in [5.74, 6) is 0. The van der Waals surface area contributed by atoms with E-state index in [4.69, 9.17) is 5.11 Å². The Morgan fingerprint density at radius 3 is 2.67 bits per heavy atom. The van der Waals surface area contributed by atoms with Crippen LogP contribution in [-0.2, 0) is 0 Å². The molecule has 3 nitrogen and oxygen atoms in total. The molecule has 0 saturated carbocycles. The van der Waals surface area contributed by atoms with Crippen LogP contribution < -0.4 is 5.32 Å². The minimum atomic E-state index is -0.0656. The summed E-state index contributed by atoms with van der Waals surface area (Å²) in [7, 11) is 2.01. The van der Waals surface area contributed by atoms with Crippen LogP contribution in [-0.4, -0.2) is 48.8 Å². The van der Waals surface area contributed by atoms with Gasteiger partial charge in [0.25, 0.3) is 0 Å². The van der Waals surface area contributed by atoms with Crippen LogP contribution >= 0.6 is 0 Å². The van der Waals surface area contributed by atoms with Crippen molar-refractivity contribution in [1.29, 1.82) is 0 Å². The molecule has 1 unspecified atom stereocenters. The Bertz CT molecular complexity index is 124. The topological polar surface area (TPSA) is 35.5 Å². The first-order valence-electron chi connectivity index (χ1n) is 4.84. The lowest BCUT2D eigenvalue weighted by atomic mass is 10.1. The highest BCUT2D eigenvalue weighted by atomic mass is 16.3. The van der Waals surface area contributed by atoms with E-state index >= 15 is 0 Å². The van der Waals surface area contributed by atoms with E-state index in [1.165, 1.54) is 12.8 Å². The van der Waals surface area contributed by atoms with Crippen molar-refractivity contribution < 1.29 is 5.11 Å². The highest BCUT2D eigenvalue weighted by Gasteiger charge is 2.25. The van der Waals surface area contributed by atoms with Gasteiger partial charge in [0.15, 0.2) is 0 Å². The predicted octanol–water partition coefficient (Wildman–Crippen LogP) is 0.0510. The number of β-amino-alcohol motifs (C(OH)–C–C–N with tert-alkyl or cyclic N) is 1. The van der Waals surface area contributed by atoms with Gasteiger partial charge in [0.05, 0.1) is 6.10 Å². The third-order valence-corrected chi connectivity index (χ3v) is 2.46. The zero-order valence-electron chi connectivity index (χ0n) is 8.08.